The molecule has 0 bridgehead atoms. The number of hydrogen-bond acceptors (Lipinski definition) is 5. The summed E-state index contributed by atoms with van der Waals surface area (Å²) in [7, 11) is 1.64. The highest BCUT2D eigenvalue weighted by Crippen LogP contribution is 2.30. The van der Waals surface area contributed by atoms with E-state index in [1.54, 1.807) is 7.11 Å². The van der Waals surface area contributed by atoms with E-state index in [4.69, 9.17) is 18.9 Å². The van der Waals surface area contributed by atoms with Crippen LogP contribution in [0.1, 0.15) is 33.1 Å². The highest BCUT2D eigenvalue weighted by Gasteiger charge is 2.14. The Morgan fingerprint density at radius 2 is 2.19 bits per heavy atom. The van der Waals surface area contributed by atoms with Gasteiger partial charge in [-0.25, -0.2) is 0 Å². The second-order valence-electron chi connectivity index (χ2n) is 6.25. The lowest BCUT2D eigenvalue weighted by Crippen LogP contribution is -2.30. The monoisotopic (exact) mass is 379 g/mol. The van der Waals surface area contributed by atoms with Crippen molar-refractivity contribution in [1.82, 2.24) is 5.32 Å². The first-order valence-corrected chi connectivity index (χ1v) is 9.82. The highest BCUT2D eigenvalue weighted by molar-refractivity contribution is 5.93. The van der Waals surface area contributed by atoms with E-state index in [9.17, 15) is 0 Å². The Hall–Kier alpha value is -1.99. The van der Waals surface area contributed by atoms with Gasteiger partial charge < -0.3 is 29.6 Å². The van der Waals surface area contributed by atoms with Gasteiger partial charge in [-0.2, -0.15) is 0 Å². The maximum absolute atomic E-state index is 5.68. The SMILES string of the molecule is CCNC(=NCCCOCC1CCCO1)Nc1ccc(OC)c(OCC)c1. The van der Waals surface area contributed by atoms with Crippen molar-refractivity contribution in [2.45, 2.75) is 39.2 Å². The van der Waals surface area contributed by atoms with Crippen molar-refractivity contribution in [2.24, 2.45) is 4.99 Å². The Morgan fingerprint density at radius 3 is 2.89 bits per heavy atom. The molecule has 0 aromatic heterocycles. The molecule has 1 aromatic rings. The van der Waals surface area contributed by atoms with E-state index in [-0.39, 0.29) is 6.10 Å². The molecular weight excluding hydrogens is 346 g/mol. The van der Waals surface area contributed by atoms with Crippen molar-refractivity contribution in [1.29, 1.82) is 0 Å². The Bertz CT molecular complexity index is 574. The smallest absolute Gasteiger partial charge is 0.195 e. The quantitative estimate of drug-likeness (QED) is 0.350. The summed E-state index contributed by atoms with van der Waals surface area (Å²) in [5.74, 6) is 2.17. The molecule has 1 atom stereocenters. The average molecular weight is 380 g/mol. The van der Waals surface area contributed by atoms with Crippen LogP contribution in [0.3, 0.4) is 0 Å². The summed E-state index contributed by atoms with van der Waals surface area (Å²) in [4.78, 5) is 4.61. The summed E-state index contributed by atoms with van der Waals surface area (Å²) in [6.45, 7) is 8.30. The maximum atomic E-state index is 5.68. The predicted octanol–water partition coefficient (Wildman–Crippen LogP) is 3.06. The summed E-state index contributed by atoms with van der Waals surface area (Å²) >= 11 is 0. The lowest BCUT2D eigenvalue weighted by Gasteiger charge is -2.14. The molecule has 0 saturated carbocycles. The number of methoxy groups -OCH3 is 1. The van der Waals surface area contributed by atoms with Crippen LogP contribution in [0.4, 0.5) is 5.69 Å². The molecule has 0 amide bonds. The van der Waals surface area contributed by atoms with Gasteiger partial charge in [-0.3, -0.25) is 4.99 Å². The highest BCUT2D eigenvalue weighted by atomic mass is 16.5. The lowest BCUT2D eigenvalue weighted by atomic mass is 10.2. The topological polar surface area (TPSA) is 73.3 Å². The van der Waals surface area contributed by atoms with Gasteiger partial charge in [0.2, 0.25) is 0 Å². The number of anilines is 1. The molecule has 1 fully saturated rings. The zero-order valence-electron chi connectivity index (χ0n) is 16.8. The van der Waals surface area contributed by atoms with Crippen LogP contribution in [0.15, 0.2) is 23.2 Å². The molecular formula is C20H33N3O4. The summed E-state index contributed by atoms with van der Waals surface area (Å²) in [5, 5.41) is 6.56. The number of rotatable bonds is 11. The second kappa shape index (κ2) is 12.4. The first-order chi connectivity index (χ1) is 13.3. The van der Waals surface area contributed by atoms with Crippen molar-refractivity contribution >= 4 is 11.6 Å². The van der Waals surface area contributed by atoms with Gasteiger partial charge in [0.25, 0.3) is 0 Å². The molecule has 7 nitrogen and oxygen atoms in total. The average Bonchev–Trinajstić information content (AvgIpc) is 3.18. The van der Waals surface area contributed by atoms with Gasteiger partial charge >= 0.3 is 0 Å². The van der Waals surface area contributed by atoms with Gasteiger partial charge in [0.1, 0.15) is 0 Å². The Labute approximate surface area is 162 Å². The fourth-order valence-electron chi connectivity index (χ4n) is 2.81. The minimum absolute atomic E-state index is 0.280. The van der Waals surface area contributed by atoms with Gasteiger partial charge in [0, 0.05) is 38.1 Å². The fraction of sp³-hybridized carbons (Fsp3) is 0.650. The Kier molecular flexibility index (Phi) is 9.79. The summed E-state index contributed by atoms with van der Waals surface area (Å²) in [6, 6.07) is 5.74. The molecule has 0 spiro atoms. The molecule has 1 unspecified atom stereocenters. The van der Waals surface area contributed by atoms with E-state index in [1.165, 1.54) is 0 Å². The summed E-state index contributed by atoms with van der Waals surface area (Å²) in [6.07, 6.45) is 3.41. The number of nitrogens with one attached hydrogen (secondary N) is 2. The number of benzene rings is 1. The third-order valence-corrected chi connectivity index (χ3v) is 4.11. The first-order valence-electron chi connectivity index (χ1n) is 9.82. The summed E-state index contributed by atoms with van der Waals surface area (Å²) in [5.41, 5.74) is 0.897. The van der Waals surface area contributed by atoms with Gasteiger partial charge in [-0.1, -0.05) is 0 Å². The molecule has 1 aromatic carbocycles. The minimum Gasteiger partial charge on any atom is -0.493 e. The van der Waals surface area contributed by atoms with Crippen LogP contribution >= 0.6 is 0 Å². The Balaban J connectivity index is 1.80. The van der Waals surface area contributed by atoms with Crippen molar-refractivity contribution in [3.8, 4) is 11.5 Å². The van der Waals surface area contributed by atoms with Crippen molar-refractivity contribution in [2.75, 3.05) is 51.9 Å². The number of hydrogen-bond donors (Lipinski definition) is 2. The number of aliphatic imine (C=N–C) groups is 1. The first kappa shape index (κ1) is 21.3. The molecule has 7 heteroatoms. The van der Waals surface area contributed by atoms with Gasteiger partial charge in [-0.05, 0) is 45.2 Å². The van der Waals surface area contributed by atoms with Crippen molar-refractivity contribution < 1.29 is 18.9 Å². The third kappa shape index (κ3) is 7.64. The fourth-order valence-corrected chi connectivity index (χ4v) is 2.81. The van der Waals surface area contributed by atoms with Crippen LogP contribution in [0, 0.1) is 0 Å². The van der Waals surface area contributed by atoms with Crippen LogP contribution in [0.5, 0.6) is 11.5 Å². The van der Waals surface area contributed by atoms with Gasteiger partial charge in [-0.15, -0.1) is 0 Å². The summed E-state index contributed by atoms with van der Waals surface area (Å²) < 4.78 is 22.2. The molecule has 1 aliphatic heterocycles. The molecule has 2 N–H and O–H groups in total. The molecule has 27 heavy (non-hydrogen) atoms. The molecule has 0 radical (unpaired) electrons. The van der Waals surface area contributed by atoms with E-state index in [0.717, 1.165) is 44.1 Å². The molecule has 1 heterocycles. The zero-order valence-corrected chi connectivity index (χ0v) is 16.8. The number of guanidine groups is 1. The number of ether oxygens (including phenoxy) is 4. The minimum atomic E-state index is 0.280. The normalized spacial score (nSPS) is 17.0. The molecule has 1 aliphatic rings. The van der Waals surface area contributed by atoms with Crippen LogP contribution in [0.2, 0.25) is 0 Å². The van der Waals surface area contributed by atoms with Crippen molar-refractivity contribution in [3.05, 3.63) is 18.2 Å². The van der Waals surface area contributed by atoms with Crippen LogP contribution in [-0.2, 0) is 9.47 Å². The van der Waals surface area contributed by atoms with E-state index in [1.807, 2.05) is 32.0 Å². The van der Waals surface area contributed by atoms with Crippen LogP contribution in [0.25, 0.3) is 0 Å². The van der Waals surface area contributed by atoms with Gasteiger partial charge in [0.15, 0.2) is 17.5 Å². The molecule has 152 valence electrons. The predicted molar refractivity (Wildman–Crippen MR) is 108 cm³/mol. The zero-order chi connectivity index (χ0) is 19.3. The standard InChI is InChI=1S/C20H33N3O4/c1-4-21-20(22-11-7-12-25-15-17-8-6-13-27-17)23-16-9-10-18(24-3)19(14-16)26-5-2/h9-10,14,17H,4-8,11-13,15H2,1-3H3,(H2,21,22,23). The second-order valence-corrected chi connectivity index (χ2v) is 6.25. The van der Waals surface area contributed by atoms with E-state index >= 15 is 0 Å². The molecule has 1 saturated heterocycles. The molecule has 2 rings (SSSR count). The third-order valence-electron chi connectivity index (χ3n) is 4.11. The largest absolute Gasteiger partial charge is 0.493 e. The van der Waals surface area contributed by atoms with Gasteiger partial charge in [0.05, 0.1) is 26.4 Å². The van der Waals surface area contributed by atoms with E-state index < -0.39 is 0 Å². The lowest BCUT2D eigenvalue weighted by molar-refractivity contribution is 0.0171. The maximum Gasteiger partial charge on any atom is 0.195 e. The van der Waals surface area contributed by atoms with Crippen LogP contribution in [-0.4, -0.2) is 58.7 Å². The van der Waals surface area contributed by atoms with E-state index in [2.05, 4.69) is 15.6 Å². The van der Waals surface area contributed by atoms with Crippen LogP contribution < -0.4 is 20.1 Å². The van der Waals surface area contributed by atoms with E-state index in [0.29, 0.717) is 37.9 Å². The number of nitrogens with zero attached hydrogens (tertiary/aromatic N) is 1. The Morgan fingerprint density at radius 1 is 1.30 bits per heavy atom. The molecule has 0 aliphatic carbocycles. The van der Waals surface area contributed by atoms with Crippen molar-refractivity contribution in [3.63, 3.8) is 0 Å².